The Balaban J connectivity index is 2.57. The molecule has 0 radical (unpaired) electrons. The lowest BCUT2D eigenvalue weighted by Crippen LogP contribution is -2.22. The van der Waals surface area contributed by atoms with E-state index in [1.54, 1.807) is 11.2 Å². The van der Waals surface area contributed by atoms with Crippen molar-refractivity contribution in [3.05, 3.63) is 54.8 Å². The number of hydrogen-bond acceptors (Lipinski definition) is 3. The van der Waals surface area contributed by atoms with Crippen LogP contribution in [0.4, 0.5) is 5.69 Å². The van der Waals surface area contributed by atoms with Gasteiger partial charge in [0.2, 0.25) is 0 Å². The van der Waals surface area contributed by atoms with Crippen LogP contribution in [0.25, 0.3) is 0 Å². The first-order valence-corrected chi connectivity index (χ1v) is 5.57. The number of carbonyl (C=O) groups is 1. The summed E-state index contributed by atoms with van der Waals surface area (Å²) in [6.45, 7) is 9.35. The molecule has 0 saturated heterocycles. The summed E-state index contributed by atoms with van der Waals surface area (Å²) in [5, 5.41) is 8.07. The number of rotatable bonds is 6. The van der Waals surface area contributed by atoms with Gasteiger partial charge in [0, 0.05) is 24.2 Å². The monoisotopic (exact) mass is 243 g/mol. The highest BCUT2D eigenvalue weighted by Gasteiger charge is 2.09. The number of para-hydroxylation sites is 1. The predicted octanol–water partition coefficient (Wildman–Crippen LogP) is 2.63. The summed E-state index contributed by atoms with van der Waals surface area (Å²) < 4.78 is 0. The minimum absolute atomic E-state index is 0.223. The first-order chi connectivity index (χ1) is 8.67. The number of anilines is 1. The van der Waals surface area contributed by atoms with Crippen molar-refractivity contribution in [1.29, 1.82) is 0 Å². The minimum Gasteiger partial charge on any atom is -0.322 e. The quantitative estimate of drug-likeness (QED) is 0.474. The molecule has 0 heterocycles. The Bertz CT molecular complexity index is 451. The second-order valence-corrected chi connectivity index (χ2v) is 3.65. The molecule has 94 valence electrons. The number of nitrogens with one attached hydrogen (secondary N) is 1. The summed E-state index contributed by atoms with van der Waals surface area (Å²) in [6, 6.07) is 9.24. The maximum atomic E-state index is 11.8. The number of carbonyl (C=O) groups excluding carboxylic acids is 1. The van der Waals surface area contributed by atoms with Crippen LogP contribution in [0, 0.1) is 0 Å². The molecule has 0 fully saturated rings. The number of hydrogen-bond donors (Lipinski definition) is 1. The topological polar surface area (TPSA) is 44.7 Å². The fourth-order valence-corrected chi connectivity index (χ4v) is 1.33. The molecule has 0 saturated carbocycles. The van der Waals surface area contributed by atoms with E-state index < -0.39 is 0 Å². The van der Waals surface area contributed by atoms with Gasteiger partial charge in [0.25, 0.3) is 5.91 Å². The summed E-state index contributed by atoms with van der Waals surface area (Å²) in [6.07, 6.45) is 3.55. The molecule has 4 nitrogen and oxygen atoms in total. The molecule has 0 aliphatic rings. The molecule has 0 spiro atoms. The van der Waals surface area contributed by atoms with Crippen molar-refractivity contribution in [2.75, 3.05) is 11.9 Å². The molecule has 0 aromatic heterocycles. The third-order valence-corrected chi connectivity index (χ3v) is 2.21. The summed E-state index contributed by atoms with van der Waals surface area (Å²) in [7, 11) is 0. The molecule has 4 heteroatoms. The van der Waals surface area contributed by atoms with Crippen molar-refractivity contribution in [3.63, 3.8) is 0 Å². The van der Waals surface area contributed by atoms with Gasteiger partial charge in [-0.25, -0.2) is 0 Å². The first-order valence-electron chi connectivity index (χ1n) is 5.57. The number of hydrazone groups is 1. The highest BCUT2D eigenvalue weighted by Crippen LogP contribution is 2.07. The Morgan fingerprint density at radius 1 is 1.44 bits per heavy atom. The second-order valence-electron chi connectivity index (χ2n) is 3.65. The Morgan fingerprint density at radius 2 is 2.11 bits per heavy atom. The van der Waals surface area contributed by atoms with Crippen molar-refractivity contribution in [2.45, 2.75) is 6.92 Å². The second kappa shape index (κ2) is 7.06. The van der Waals surface area contributed by atoms with Crippen LogP contribution < -0.4 is 5.32 Å². The highest BCUT2D eigenvalue weighted by molar-refractivity contribution is 6.03. The molecule has 1 N–H and O–H groups in total. The summed E-state index contributed by atoms with van der Waals surface area (Å²) >= 11 is 0. The third-order valence-electron chi connectivity index (χ3n) is 2.21. The van der Waals surface area contributed by atoms with Crippen molar-refractivity contribution >= 4 is 18.3 Å². The van der Waals surface area contributed by atoms with Crippen molar-refractivity contribution < 1.29 is 4.79 Å². The van der Waals surface area contributed by atoms with Crippen LogP contribution in [0.5, 0.6) is 0 Å². The lowest BCUT2D eigenvalue weighted by molar-refractivity contribution is -0.113. The van der Waals surface area contributed by atoms with Gasteiger partial charge in [-0.05, 0) is 19.1 Å². The van der Waals surface area contributed by atoms with Crippen LogP contribution >= 0.6 is 0 Å². The molecular formula is C14H17N3O. The average molecular weight is 243 g/mol. The largest absolute Gasteiger partial charge is 0.322 e. The van der Waals surface area contributed by atoms with Gasteiger partial charge in [0.05, 0.1) is 6.54 Å². The van der Waals surface area contributed by atoms with E-state index >= 15 is 0 Å². The molecule has 0 atom stereocenters. The molecule has 1 aromatic rings. The fourth-order valence-electron chi connectivity index (χ4n) is 1.33. The van der Waals surface area contributed by atoms with Gasteiger partial charge >= 0.3 is 0 Å². The standard InChI is InChI=1S/C14H17N3O/c1-4-10-17(15-3)11-12(2)14(18)16-13-8-6-5-7-9-13/h4-10H,2-3,11H2,1H3,(H,16,18)/b10-4-. The zero-order valence-electron chi connectivity index (χ0n) is 10.5. The lowest BCUT2D eigenvalue weighted by Gasteiger charge is -2.14. The van der Waals surface area contributed by atoms with Crippen LogP contribution in [0.15, 0.2) is 59.9 Å². The van der Waals surface area contributed by atoms with Gasteiger partial charge in [-0.3, -0.25) is 9.80 Å². The van der Waals surface area contributed by atoms with Crippen LogP contribution in [0.2, 0.25) is 0 Å². The number of benzene rings is 1. The van der Waals surface area contributed by atoms with Crippen LogP contribution in [-0.2, 0) is 4.79 Å². The molecule has 0 bridgehead atoms. The van der Waals surface area contributed by atoms with Crippen molar-refractivity contribution in [2.24, 2.45) is 5.10 Å². The first kappa shape index (κ1) is 13.7. The van der Waals surface area contributed by atoms with Crippen LogP contribution in [-0.4, -0.2) is 24.2 Å². The molecule has 0 aliphatic carbocycles. The van der Waals surface area contributed by atoms with Crippen LogP contribution in [0.1, 0.15) is 6.92 Å². The van der Waals surface area contributed by atoms with Crippen molar-refractivity contribution in [3.8, 4) is 0 Å². The molecule has 1 amide bonds. The number of amides is 1. The van der Waals surface area contributed by atoms with Gasteiger partial charge in [-0.15, -0.1) is 0 Å². The fraction of sp³-hybridized carbons (Fsp3) is 0.143. The number of allylic oxidation sites excluding steroid dienone is 1. The maximum Gasteiger partial charge on any atom is 0.252 e. The van der Waals surface area contributed by atoms with E-state index in [4.69, 9.17) is 0 Å². The zero-order valence-corrected chi connectivity index (χ0v) is 10.5. The smallest absolute Gasteiger partial charge is 0.252 e. The molecular weight excluding hydrogens is 226 g/mol. The van der Waals surface area contributed by atoms with Gasteiger partial charge in [0.15, 0.2) is 0 Å². The van der Waals surface area contributed by atoms with E-state index in [0.29, 0.717) is 12.1 Å². The third kappa shape index (κ3) is 4.25. The normalized spacial score (nSPS) is 10.1. The lowest BCUT2D eigenvalue weighted by atomic mass is 10.2. The van der Waals surface area contributed by atoms with Gasteiger partial charge in [0.1, 0.15) is 0 Å². The van der Waals surface area contributed by atoms with E-state index in [1.165, 1.54) is 0 Å². The Hall–Kier alpha value is -2.36. The molecule has 0 aliphatic heterocycles. The van der Waals surface area contributed by atoms with Gasteiger partial charge < -0.3 is 5.32 Å². The Morgan fingerprint density at radius 3 is 2.67 bits per heavy atom. The van der Waals surface area contributed by atoms with E-state index in [2.05, 4.69) is 23.7 Å². The van der Waals surface area contributed by atoms with E-state index in [0.717, 1.165) is 5.69 Å². The summed E-state index contributed by atoms with van der Waals surface area (Å²) in [5.74, 6) is -0.223. The zero-order chi connectivity index (χ0) is 13.4. The van der Waals surface area contributed by atoms with Crippen LogP contribution in [0.3, 0.4) is 0 Å². The predicted molar refractivity (Wildman–Crippen MR) is 75.3 cm³/mol. The molecule has 0 unspecified atom stereocenters. The van der Waals surface area contributed by atoms with E-state index in [9.17, 15) is 4.79 Å². The van der Waals surface area contributed by atoms with Crippen molar-refractivity contribution in [1.82, 2.24) is 5.01 Å². The van der Waals surface area contributed by atoms with Gasteiger partial charge in [-0.1, -0.05) is 30.9 Å². The highest BCUT2D eigenvalue weighted by atomic mass is 16.1. The summed E-state index contributed by atoms with van der Waals surface area (Å²) in [4.78, 5) is 11.8. The summed E-state index contributed by atoms with van der Waals surface area (Å²) in [5.41, 5.74) is 1.16. The maximum absolute atomic E-state index is 11.8. The van der Waals surface area contributed by atoms with Gasteiger partial charge in [-0.2, -0.15) is 5.10 Å². The molecule has 1 aromatic carbocycles. The molecule has 18 heavy (non-hydrogen) atoms. The number of nitrogens with zero attached hydrogens (tertiary/aromatic N) is 2. The van der Waals surface area contributed by atoms with E-state index in [-0.39, 0.29) is 5.91 Å². The molecule has 1 rings (SSSR count). The average Bonchev–Trinajstić information content (AvgIpc) is 2.39. The Labute approximate surface area is 107 Å². The minimum atomic E-state index is -0.223. The Kier molecular flexibility index (Phi) is 5.38. The SMILES string of the molecule is C=NN(/C=C\C)CC(=C)C(=O)Nc1ccccc1. The van der Waals surface area contributed by atoms with E-state index in [1.807, 2.05) is 43.3 Å².